The molecule has 0 amide bonds. The molecule has 0 saturated carbocycles. The van der Waals surface area contributed by atoms with E-state index in [0.717, 1.165) is 27.6 Å². The first-order valence-corrected chi connectivity index (χ1v) is 6.26. The number of fused-ring (bicyclic) bond motifs is 3. The largest absolute Gasteiger partial charge is 0.294 e. The van der Waals surface area contributed by atoms with Crippen LogP contribution in [0.5, 0.6) is 0 Å². The van der Waals surface area contributed by atoms with E-state index < -0.39 is 0 Å². The molecule has 2 nitrogen and oxygen atoms in total. The molecular weight excluding hydrogens is 232 g/mol. The molecule has 0 bridgehead atoms. The van der Waals surface area contributed by atoms with E-state index in [1.165, 1.54) is 0 Å². The fraction of sp³-hybridized carbons (Fsp3) is 0. The summed E-state index contributed by atoms with van der Waals surface area (Å²) in [6, 6.07) is 20.4. The molecule has 0 aliphatic carbocycles. The van der Waals surface area contributed by atoms with Crippen LogP contribution in [0.15, 0.2) is 72.9 Å². The Balaban J connectivity index is 2.27. The molecule has 4 aromatic rings. The molecule has 0 atom stereocenters. The van der Waals surface area contributed by atoms with Gasteiger partial charge in [0.25, 0.3) is 0 Å². The second-order valence-corrected chi connectivity index (χ2v) is 4.47. The number of hydrogen-bond donors (Lipinski definition) is 0. The predicted molar refractivity (Wildman–Crippen MR) is 78.6 cm³/mol. The topological polar surface area (TPSA) is 17.8 Å². The van der Waals surface area contributed by atoms with Gasteiger partial charge in [0.2, 0.25) is 0 Å². The van der Waals surface area contributed by atoms with Crippen molar-refractivity contribution in [2.24, 2.45) is 0 Å². The van der Waals surface area contributed by atoms with Crippen LogP contribution >= 0.6 is 0 Å². The first kappa shape index (κ1) is 9.34. The summed E-state index contributed by atoms with van der Waals surface area (Å²) in [7, 11) is 0. The van der Waals surface area contributed by atoms with Crippen LogP contribution in [-0.2, 0) is 0 Å². The summed E-state index contributed by atoms with van der Waals surface area (Å²) in [5.41, 5.74) is 1.99. The molecule has 0 radical (unpaired) electrons. The summed E-state index contributed by atoms with van der Waals surface area (Å²) in [5.74, 6) is 0.846. The average Bonchev–Trinajstić information content (AvgIpc) is 2.84. The normalized spacial score (nSPS) is 11.9. The van der Waals surface area contributed by atoms with Crippen LogP contribution in [0.3, 0.4) is 0 Å². The van der Waals surface area contributed by atoms with E-state index in [1.54, 1.807) is 6.20 Å². The highest BCUT2D eigenvalue weighted by atomic mass is 15.1. The molecule has 19 heavy (non-hydrogen) atoms. The highest BCUT2D eigenvalue weighted by Gasteiger charge is 2.10. The van der Waals surface area contributed by atoms with Crippen molar-refractivity contribution in [2.75, 3.05) is 0 Å². The standard InChI is InChI=1S/C17H12N2/c1-3-9-15-13(7-1)14-8-2-4-10-16(14)19(15)17-11-5-6-12-18-17/h1-12H/i9D. The first-order valence-electron chi connectivity index (χ1n) is 6.76. The molecule has 0 aliphatic rings. The van der Waals surface area contributed by atoms with Crippen molar-refractivity contribution in [3.05, 3.63) is 72.9 Å². The maximum absolute atomic E-state index is 8.24. The lowest BCUT2D eigenvalue weighted by atomic mass is 10.2. The minimum absolute atomic E-state index is 0.518. The van der Waals surface area contributed by atoms with Gasteiger partial charge in [0.15, 0.2) is 0 Å². The lowest BCUT2D eigenvalue weighted by Gasteiger charge is -2.05. The first-order chi connectivity index (χ1) is 9.86. The lowest BCUT2D eigenvalue weighted by molar-refractivity contribution is 1.08. The van der Waals surface area contributed by atoms with Crippen LogP contribution in [0.1, 0.15) is 1.37 Å². The molecular formula is C17H12N2. The average molecular weight is 245 g/mol. The van der Waals surface area contributed by atoms with E-state index in [2.05, 4.69) is 27.8 Å². The molecule has 0 fully saturated rings. The number of para-hydroxylation sites is 2. The quantitative estimate of drug-likeness (QED) is 0.492. The third-order valence-corrected chi connectivity index (χ3v) is 3.37. The van der Waals surface area contributed by atoms with Gasteiger partial charge in [-0.15, -0.1) is 0 Å². The Morgan fingerprint density at radius 1 is 0.789 bits per heavy atom. The van der Waals surface area contributed by atoms with E-state index in [4.69, 9.17) is 1.37 Å². The minimum Gasteiger partial charge on any atom is -0.294 e. The van der Waals surface area contributed by atoms with Gasteiger partial charge in [-0.3, -0.25) is 4.57 Å². The fourth-order valence-corrected chi connectivity index (χ4v) is 2.57. The Kier molecular flexibility index (Phi) is 1.94. The van der Waals surface area contributed by atoms with E-state index >= 15 is 0 Å². The van der Waals surface area contributed by atoms with Crippen molar-refractivity contribution in [3.8, 4) is 5.82 Å². The van der Waals surface area contributed by atoms with Crippen molar-refractivity contribution >= 4 is 21.8 Å². The van der Waals surface area contributed by atoms with Crippen LogP contribution in [-0.4, -0.2) is 9.55 Å². The van der Waals surface area contributed by atoms with E-state index in [-0.39, 0.29) is 0 Å². The number of nitrogens with zero attached hydrogens (tertiary/aromatic N) is 2. The van der Waals surface area contributed by atoms with Crippen molar-refractivity contribution in [3.63, 3.8) is 0 Å². The van der Waals surface area contributed by atoms with Crippen molar-refractivity contribution < 1.29 is 1.37 Å². The second kappa shape index (κ2) is 3.95. The van der Waals surface area contributed by atoms with Gasteiger partial charge >= 0.3 is 0 Å². The van der Waals surface area contributed by atoms with E-state index in [9.17, 15) is 0 Å². The van der Waals surface area contributed by atoms with E-state index in [1.807, 2.05) is 42.5 Å². The molecule has 2 heteroatoms. The van der Waals surface area contributed by atoms with Gasteiger partial charge in [-0.25, -0.2) is 4.98 Å². The van der Waals surface area contributed by atoms with Crippen molar-refractivity contribution in [1.29, 1.82) is 0 Å². The maximum Gasteiger partial charge on any atom is 0.137 e. The SMILES string of the molecule is [2H]c1cccc2c3ccccc3n(-c3ccccn3)c12. The summed E-state index contributed by atoms with van der Waals surface area (Å²) in [6.07, 6.45) is 1.78. The third kappa shape index (κ3) is 1.47. The van der Waals surface area contributed by atoms with Gasteiger partial charge in [0.1, 0.15) is 5.82 Å². The molecule has 0 spiro atoms. The minimum atomic E-state index is 0.518. The van der Waals surface area contributed by atoms with Crippen molar-refractivity contribution in [1.82, 2.24) is 9.55 Å². The molecule has 0 aliphatic heterocycles. The lowest BCUT2D eigenvalue weighted by Crippen LogP contribution is -1.95. The van der Waals surface area contributed by atoms with Gasteiger partial charge in [0.05, 0.1) is 12.4 Å². The summed E-state index contributed by atoms with van der Waals surface area (Å²) in [5, 5.41) is 2.25. The zero-order valence-corrected chi connectivity index (χ0v) is 10.2. The van der Waals surface area contributed by atoms with Gasteiger partial charge in [-0.05, 0) is 24.2 Å². The fourth-order valence-electron chi connectivity index (χ4n) is 2.57. The third-order valence-electron chi connectivity index (χ3n) is 3.37. The molecule has 90 valence electrons. The van der Waals surface area contributed by atoms with Crippen molar-refractivity contribution in [2.45, 2.75) is 0 Å². The van der Waals surface area contributed by atoms with Crippen LogP contribution in [0.4, 0.5) is 0 Å². The molecule has 2 heterocycles. The zero-order valence-electron chi connectivity index (χ0n) is 11.2. The van der Waals surface area contributed by atoms with E-state index in [0.29, 0.717) is 6.04 Å². The summed E-state index contributed by atoms with van der Waals surface area (Å²) in [6.45, 7) is 0. The van der Waals surface area contributed by atoms with Crippen LogP contribution in [0.25, 0.3) is 27.6 Å². The van der Waals surface area contributed by atoms with Crippen LogP contribution < -0.4 is 0 Å². The molecule has 4 rings (SSSR count). The Morgan fingerprint density at radius 3 is 2.37 bits per heavy atom. The summed E-state index contributed by atoms with van der Waals surface area (Å²) < 4.78 is 10.3. The van der Waals surface area contributed by atoms with Gasteiger partial charge in [-0.1, -0.05) is 42.5 Å². The molecule has 0 saturated heterocycles. The Labute approximate surface area is 112 Å². The maximum atomic E-state index is 8.24. The number of hydrogen-bond acceptors (Lipinski definition) is 1. The monoisotopic (exact) mass is 245 g/mol. The summed E-state index contributed by atoms with van der Waals surface area (Å²) >= 11 is 0. The van der Waals surface area contributed by atoms with Gasteiger partial charge < -0.3 is 0 Å². The molecule has 2 aromatic heterocycles. The zero-order chi connectivity index (χ0) is 13.5. The number of rotatable bonds is 1. The predicted octanol–water partition coefficient (Wildman–Crippen LogP) is 4.18. The smallest absolute Gasteiger partial charge is 0.137 e. The number of pyridine rings is 1. The van der Waals surface area contributed by atoms with Crippen LogP contribution in [0, 0.1) is 0 Å². The van der Waals surface area contributed by atoms with Gasteiger partial charge in [-0.2, -0.15) is 0 Å². The molecule has 0 unspecified atom stereocenters. The Bertz CT molecular complexity index is 910. The van der Waals surface area contributed by atoms with Crippen LogP contribution in [0.2, 0.25) is 0 Å². The second-order valence-electron chi connectivity index (χ2n) is 4.47. The number of benzene rings is 2. The summed E-state index contributed by atoms with van der Waals surface area (Å²) in [4.78, 5) is 4.44. The Morgan fingerprint density at radius 2 is 1.53 bits per heavy atom. The Hall–Kier alpha value is -2.61. The highest BCUT2D eigenvalue weighted by Crippen LogP contribution is 2.30. The molecule has 2 aromatic carbocycles. The number of aromatic nitrogens is 2. The highest BCUT2D eigenvalue weighted by molar-refractivity contribution is 6.08. The van der Waals surface area contributed by atoms with Gasteiger partial charge in [0, 0.05) is 17.0 Å². The molecule has 0 N–H and O–H groups in total.